The summed E-state index contributed by atoms with van der Waals surface area (Å²) in [4.78, 5) is 57.2. The number of nitrogens with zero attached hydrogens (tertiary/aromatic N) is 5. The van der Waals surface area contributed by atoms with Crippen molar-refractivity contribution in [2.24, 2.45) is 0 Å². The van der Waals surface area contributed by atoms with Gasteiger partial charge < -0.3 is 36.3 Å². The molecule has 338 valence electrons. The molecule has 4 aromatic rings. The molecule has 0 bridgehead atoms. The van der Waals surface area contributed by atoms with E-state index >= 15 is 0 Å². The third-order valence-corrected chi connectivity index (χ3v) is 16.8. The van der Waals surface area contributed by atoms with Crippen LogP contribution in [0.4, 0.5) is 0 Å². The molecule has 0 radical (unpaired) electrons. The van der Waals surface area contributed by atoms with Gasteiger partial charge in [0.05, 0.1) is 40.0 Å². The van der Waals surface area contributed by atoms with Crippen LogP contribution in [0.2, 0.25) is 5.02 Å². The number of amides is 2. The Bertz CT molecular complexity index is 2490. The van der Waals surface area contributed by atoms with E-state index < -0.39 is 5.91 Å². The first kappa shape index (κ1) is 46.6. The maximum atomic E-state index is 13.4. The molecule has 65 heavy (non-hydrogen) atoms. The second-order valence-corrected chi connectivity index (χ2v) is 20.0. The molecule has 11 nitrogen and oxygen atoms in total. The van der Waals surface area contributed by atoms with Gasteiger partial charge in [-0.3, -0.25) is 37.2 Å². The summed E-state index contributed by atoms with van der Waals surface area (Å²) in [6, 6.07) is 19.2. The quantitative estimate of drug-likeness (QED) is 0.165. The maximum absolute atomic E-state index is 13.4. The fraction of sp³-hybridized carbons (Fsp3) is 0.519. The SMILES string of the molecule is [CH2-]CC(=O)N[C-]=O.[CH2-]c1c([C-]=O)ccc2c1OCC21CCN(C2CCC(N3CC(N4CCC(c5ccc6c(c5)-n5c(nc(=O)c7c(Cl)cccc75)C65CCCCC5)CC4)C3)CC2)CC1.[Na+]. The van der Waals surface area contributed by atoms with Crippen LogP contribution >= 0.6 is 11.6 Å². The number of nitrogens with one attached hydrogen (secondary N) is 1. The molecule has 2 amide bonds. The van der Waals surface area contributed by atoms with Crippen molar-refractivity contribution in [3.63, 3.8) is 0 Å². The maximum Gasteiger partial charge on any atom is 1.00 e. The summed E-state index contributed by atoms with van der Waals surface area (Å²) < 4.78 is 8.46. The Labute approximate surface area is 410 Å². The molecule has 7 aliphatic rings. The molecular formula is C52H59ClN6NaO5-3. The Morgan fingerprint density at radius 1 is 0.846 bits per heavy atom. The normalized spacial score (nSPS) is 23.8. The fourth-order valence-corrected chi connectivity index (χ4v) is 13.1. The fourth-order valence-electron chi connectivity index (χ4n) is 12.8. The third kappa shape index (κ3) is 8.33. The number of imide groups is 1. The van der Waals surface area contributed by atoms with E-state index in [-0.39, 0.29) is 52.4 Å². The van der Waals surface area contributed by atoms with E-state index in [1.165, 1.54) is 113 Å². The predicted molar refractivity (Wildman–Crippen MR) is 249 cm³/mol. The number of aromatic nitrogens is 2. The van der Waals surface area contributed by atoms with Gasteiger partial charge in [0.1, 0.15) is 5.82 Å². The zero-order valence-corrected chi connectivity index (χ0v) is 40.6. The van der Waals surface area contributed by atoms with E-state index in [1.54, 1.807) is 5.32 Å². The predicted octanol–water partition coefficient (Wildman–Crippen LogP) is 4.24. The molecule has 1 aromatic heterocycles. The smallest absolute Gasteiger partial charge is 0.562 e. The van der Waals surface area contributed by atoms with Gasteiger partial charge in [0, 0.05) is 42.5 Å². The Balaban J connectivity index is 0.000000619. The summed E-state index contributed by atoms with van der Waals surface area (Å²) in [6.07, 6.45) is 18.8. The van der Waals surface area contributed by atoms with Crippen molar-refractivity contribution in [2.75, 3.05) is 45.9 Å². The van der Waals surface area contributed by atoms with Gasteiger partial charge in [-0.2, -0.15) is 11.4 Å². The van der Waals surface area contributed by atoms with E-state index in [0.717, 1.165) is 61.9 Å². The molecule has 2 aliphatic carbocycles. The van der Waals surface area contributed by atoms with Crippen LogP contribution in [0.15, 0.2) is 53.3 Å². The summed E-state index contributed by atoms with van der Waals surface area (Å²) in [6.45, 7) is 15.1. The molecule has 11 rings (SSSR count). The number of carbonyl (C=O) groups is 1. The summed E-state index contributed by atoms with van der Waals surface area (Å²) in [5, 5.41) is 2.81. The largest absolute Gasteiger partial charge is 1.00 e. The molecule has 5 aliphatic heterocycles. The monoisotopic (exact) mass is 905 g/mol. The van der Waals surface area contributed by atoms with Crippen LogP contribution in [-0.2, 0) is 25.2 Å². The van der Waals surface area contributed by atoms with Crippen LogP contribution in [0.1, 0.15) is 129 Å². The molecule has 2 saturated carbocycles. The number of halogens is 1. The number of rotatable bonds is 7. The Morgan fingerprint density at radius 2 is 1.52 bits per heavy atom. The summed E-state index contributed by atoms with van der Waals surface area (Å²) in [7, 11) is 0. The molecule has 5 fully saturated rings. The minimum Gasteiger partial charge on any atom is -0.562 e. The number of hydrogen-bond acceptors (Lipinski definition) is 9. The van der Waals surface area contributed by atoms with Crippen molar-refractivity contribution in [1.29, 1.82) is 0 Å². The topological polar surface area (TPSA) is 117 Å². The second-order valence-electron chi connectivity index (χ2n) is 19.6. The summed E-state index contributed by atoms with van der Waals surface area (Å²) >= 11 is 6.63. The molecule has 13 heteroatoms. The average molecular weight is 907 g/mol. The molecule has 3 aromatic carbocycles. The van der Waals surface area contributed by atoms with Crippen molar-refractivity contribution >= 4 is 41.1 Å². The summed E-state index contributed by atoms with van der Waals surface area (Å²) in [5.41, 5.74) is 7.05. The van der Waals surface area contributed by atoms with E-state index in [0.29, 0.717) is 46.1 Å². The minimum absolute atomic E-state index is 0. The second kappa shape index (κ2) is 19.2. The van der Waals surface area contributed by atoms with E-state index in [9.17, 15) is 19.2 Å². The Morgan fingerprint density at radius 3 is 2.18 bits per heavy atom. The zero-order chi connectivity index (χ0) is 44.2. The number of hydrogen-bond donors (Lipinski definition) is 1. The van der Waals surface area contributed by atoms with Gasteiger partial charge in [-0.05, 0) is 138 Å². The van der Waals surface area contributed by atoms with Crippen molar-refractivity contribution < 1.29 is 48.7 Å². The van der Waals surface area contributed by atoms with Crippen LogP contribution in [0.5, 0.6) is 5.75 Å². The van der Waals surface area contributed by atoms with Crippen LogP contribution in [-0.4, -0.2) is 107 Å². The standard InChI is InChI=1S/C48H54ClN5O3.C4H5NO2.Na/c1-31-34(29-55)9-15-39-44(31)57-30-47(39)20-24-52(25-21-47)35-10-12-36(13-11-35)53-27-37(28-53)51-22-16-32(17-23-51)33-8-14-38-42(26-33)54-41-7-5-6-40(49)43(41)45(56)50-46(54)48(38)18-3-2-4-19-48;1-2-4(7)5-3-6;/h5-9,14-15,26,32,35-37H,1-4,10-13,16-25,27-28,30H2;1-2H2,(H,5,6,7);/q2*-2;+1. The third-order valence-electron chi connectivity index (χ3n) is 16.5. The van der Waals surface area contributed by atoms with Crippen LogP contribution < -0.4 is 45.2 Å². The van der Waals surface area contributed by atoms with Crippen molar-refractivity contribution in [3.05, 3.63) is 111 Å². The van der Waals surface area contributed by atoms with Crippen molar-refractivity contribution in [3.8, 4) is 11.4 Å². The van der Waals surface area contributed by atoms with Gasteiger partial charge in [-0.25, -0.2) is 6.07 Å². The Kier molecular flexibility index (Phi) is 13.8. The first-order chi connectivity index (χ1) is 31.2. The van der Waals surface area contributed by atoms with Crippen molar-refractivity contribution in [1.82, 2.24) is 29.6 Å². The number of fused-ring (bicyclic) bond motifs is 9. The minimum atomic E-state index is -0.407. The molecule has 3 saturated heterocycles. The number of carbonyl (C=O) groups excluding carboxylic acids is 3. The van der Waals surface area contributed by atoms with Gasteiger partial charge in [-0.15, -0.1) is 6.07 Å². The summed E-state index contributed by atoms with van der Waals surface area (Å²) in [5.74, 6) is 1.90. The van der Waals surface area contributed by atoms with Gasteiger partial charge in [-0.1, -0.05) is 54.6 Å². The van der Waals surface area contributed by atoms with Gasteiger partial charge in [0.25, 0.3) is 5.56 Å². The average Bonchev–Trinajstić information content (AvgIpc) is 3.79. The van der Waals surface area contributed by atoms with E-state index in [1.807, 2.05) is 24.5 Å². The number of piperidine rings is 2. The number of benzene rings is 3. The van der Waals surface area contributed by atoms with Gasteiger partial charge in [0.15, 0.2) is 0 Å². The molecule has 0 atom stereocenters. The van der Waals surface area contributed by atoms with Crippen LogP contribution in [0.25, 0.3) is 16.6 Å². The first-order valence-electron chi connectivity index (χ1n) is 23.7. The molecule has 1 N–H and O–H groups in total. The Hall–Kier alpha value is -3.55. The first-order valence-corrected chi connectivity index (χ1v) is 24.1. The number of ether oxygens (including phenoxy) is 1. The number of likely N-dealkylation sites (tertiary alicyclic amines) is 3. The molecular weight excluding hydrogens is 847 g/mol. The molecule has 0 unspecified atom stereocenters. The molecule has 2 spiro atoms. The zero-order valence-electron chi connectivity index (χ0n) is 37.8. The van der Waals surface area contributed by atoms with Crippen LogP contribution in [0.3, 0.4) is 0 Å². The van der Waals surface area contributed by atoms with E-state index in [2.05, 4.69) is 63.4 Å². The molecule has 6 heterocycles. The van der Waals surface area contributed by atoms with Gasteiger partial charge in [0.2, 0.25) is 0 Å². The van der Waals surface area contributed by atoms with Crippen molar-refractivity contribution in [2.45, 2.75) is 125 Å². The van der Waals surface area contributed by atoms with Crippen LogP contribution in [0, 0.1) is 13.8 Å². The van der Waals surface area contributed by atoms with E-state index in [4.69, 9.17) is 21.3 Å². The van der Waals surface area contributed by atoms with Gasteiger partial charge >= 0.3 is 29.6 Å².